The van der Waals surface area contributed by atoms with Gasteiger partial charge in [-0.15, -0.1) is 0 Å². The summed E-state index contributed by atoms with van der Waals surface area (Å²) in [5.74, 6) is 1.02. The SMILES string of the molecule is CC(c1cnc([N+](=O)[O-])n1C)N(c1cnc2cc(N3CCOCC3)nc(OC3CCC(c4cnccn4)CC3)c2c1)S(C)(=O)=O. The highest BCUT2D eigenvalue weighted by atomic mass is 32.2. The van der Waals surface area contributed by atoms with Crippen molar-refractivity contribution >= 4 is 38.4 Å². The van der Waals surface area contributed by atoms with Gasteiger partial charge in [0, 0.05) is 43.7 Å². The van der Waals surface area contributed by atoms with Crippen molar-refractivity contribution in [2.24, 2.45) is 7.05 Å². The smallest absolute Gasteiger partial charge is 0.434 e. The van der Waals surface area contributed by atoms with E-state index in [-0.39, 0.29) is 17.7 Å². The highest BCUT2D eigenvalue weighted by molar-refractivity contribution is 7.92. The van der Waals surface area contributed by atoms with E-state index in [1.54, 1.807) is 25.4 Å². The Balaban J connectivity index is 1.36. The van der Waals surface area contributed by atoms with Crippen molar-refractivity contribution in [2.45, 2.75) is 50.7 Å². The monoisotopic (exact) mass is 637 g/mol. The number of anilines is 2. The number of aromatic nitrogens is 6. The highest BCUT2D eigenvalue weighted by Gasteiger charge is 2.33. The van der Waals surface area contributed by atoms with E-state index >= 15 is 0 Å². The zero-order valence-corrected chi connectivity index (χ0v) is 26.1. The fraction of sp³-hybridized carbons (Fsp3) is 0.483. The molecule has 0 amide bonds. The zero-order chi connectivity index (χ0) is 31.7. The van der Waals surface area contributed by atoms with Crippen molar-refractivity contribution in [3.63, 3.8) is 0 Å². The molecule has 1 aliphatic heterocycles. The summed E-state index contributed by atoms with van der Waals surface area (Å²) in [7, 11) is -2.39. The van der Waals surface area contributed by atoms with Crippen LogP contribution in [0.1, 0.15) is 56.0 Å². The molecule has 4 aromatic heterocycles. The molecule has 238 valence electrons. The largest absolute Gasteiger partial charge is 0.474 e. The molecule has 16 heteroatoms. The van der Waals surface area contributed by atoms with Crippen molar-refractivity contribution < 1.29 is 22.8 Å². The summed E-state index contributed by atoms with van der Waals surface area (Å²) < 4.78 is 41.0. The fourth-order valence-electron chi connectivity index (χ4n) is 6.18. The quantitative estimate of drug-likeness (QED) is 0.193. The number of sulfonamides is 1. The lowest BCUT2D eigenvalue weighted by Gasteiger charge is -2.31. The lowest BCUT2D eigenvalue weighted by molar-refractivity contribution is -0.396. The van der Waals surface area contributed by atoms with Crippen LogP contribution < -0.4 is 13.9 Å². The second-order valence-corrected chi connectivity index (χ2v) is 13.3. The number of pyridine rings is 2. The van der Waals surface area contributed by atoms with Gasteiger partial charge in [-0.1, -0.05) is 4.98 Å². The fourth-order valence-corrected chi connectivity index (χ4v) is 7.35. The summed E-state index contributed by atoms with van der Waals surface area (Å²) in [4.78, 5) is 35.1. The predicted molar refractivity (Wildman–Crippen MR) is 166 cm³/mol. The molecule has 1 unspecified atom stereocenters. The molecule has 1 saturated heterocycles. The molecule has 6 rings (SSSR count). The van der Waals surface area contributed by atoms with Crippen LogP contribution in [-0.4, -0.2) is 81.5 Å². The number of fused-ring (bicyclic) bond motifs is 1. The highest BCUT2D eigenvalue weighted by Crippen LogP contribution is 2.38. The third-order valence-electron chi connectivity index (χ3n) is 8.46. The van der Waals surface area contributed by atoms with Crippen molar-refractivity contribution in [2.75, 3.05) is 41.8 Å². The van der Waals surface area contributed by atoms with Gasteiger partial charge < -0.3 is 24.5 Å². The average molecular weight is 638 g/mol. The van der Waals surface area contributed by atoms with Gasteiger partial charge in [-0.05, 0) is 43.6 Å². The number of imidazole rings is 1. The third kappa shape index (κ3) is 6.38. The van der Waals surface area contributed by atoms with Gasteiger partial charge >= 0.3 is 5.95 Å². The van der Waals surface area contributed by atoms with Crippen LogP contribution in [0.4, 0.5) is 17.5 Å². The molecule has 0 aromatic carbocycles. The lowest BCUT2D eigenvalue weighted by Crippen LogP contribution is -2.37. The number of morpholine rings is 1. The number of hydrogen-bond acceptors (Lipinski definition) is 12. The van der Waals surface area contributed by atoms with E-state index in [0.717, 1.165) is 37.6 Å². The number of nitro groups is 1. The lowest BCUT2D eigenvalue weighted by atomic mass is 9.85. The number of rotatable bonds is 9. The van der Waals surface area contributed by atoms with Crippen molar-refractivity contribution in [1.29, 1.82) is 0 Å². The predicted octanol–water partition coefficient (Wildman–Crippen LogP) is 3.53. The minimum absolute atomic E-state index is 0.0999. The van der Waals surface area contributed by atoms with Crippen LogP contribution >= 0.6 is 0 Å². The zero-order valence-electron chi connectivity index (χ0n) is 25.3. The summed E-state index contributed by atoms with van der Waals surface area (Å²) in [6.45, 7) is 4.17. The van der Waals surface area contributed by atoms with E-state index in [0.29, 0.717) is 60.5 Å². The molecular weight excluding hydrogens is 602 g/mol. The first-order valence-corrected chi connectivity index (χ1v) is 16.7. The van der Waals surface area contributed by atoms with Crippen LogP contribution in [0.3, 0.4) is 0 Å². The van der Waals surface area contributed by atoms with Crippen LogP contribution in [0.2, 0.25) is 0 Å². The summed E-state index contributed by atoms with van der Waals surface area (Å²) >= 11 is 0. The van der Waals surface area contributed by atoms with Gasteiger partial charge in [0.1, 0.15) is 23.8 Å². The van der Waals surface area contributed by atoms with E-state index in [1.165, 1.54) is 28.3 Å². The minimum atomic E-state index is -3.87. The molecule has 0 spiro atoms. The van der Waals surface area contributed by atoms with Crippen molar-refractivity contribution in [1.82, 2.24) is 29.5 Å². The van der Waals surface area contributed by atoms with E-state index in [1.807, 2.05) is 12.3 Å². The Hall–Kier alpha value is -4.44. The molecule has 45 heavy (non-hydrogen) atoms. The molecule has 0 N–H and O–H groups in total. The first-order valence-electron chi connectivity index (χ1n) is 14.8. The van der Waals surface area contributed by atoms with Crippen molar-refractivity contribution in [3.8, 4) is 5.88 Å². The molecule has 5 heterocycles. The molecule has 15 nitrogen and oxygen atoms in total. The normalized spacial score (nSPS) is 19.8. The average Bonchev–Trinajstić information content (AvgIpc) is 3.43. The summed E-state index contributed by atoms with van der Waals surface area (Å²) in [5, 5.41) is 12.0. The van der Waals surface area contributed by atoms with Gasteiger partial charge in [0.05, 0.1) is 61.0 Å². The Morgan fingerprint density at radius 3 is 2.47 bits per heavy atom. The van der Waals surface area contributed by atoms with E-state index in [2.05, 4.69) is 24.8 Å². The molecule has 1 atom stereocenters. The second-order valence-electron chi connectivity index (χ2n) is 11.4. The first-order chi connectivity index (χ1) is 21.6. The number of nitrogens with zero attached hydrogens (tertiary/aromatic N) is 9. The Morgan fingerprint density at radius 1 is 1.07 bits per heavy atom. The van der Waals surface area contributed by atoms with Gasteiger partial charge in [-0.2, -0.15) is 4.98 Å². The Morgan fingerprint density at radius 2 is 1.82 bits per heavy atom. The van der Waals surface area contributed by atoms with E-state index in [9.17, 15) is 18.5 Å². The Bertz CT molecular complexity index is 1790. The Labute approximate surface area is 260 Å². The van der Waals surface area contributed by atoms with Crippen LogP contribution in [0.25, 0.3) is 10.9 Å². The van der Waals surface area contributed by atoms with Gasteiger partial charge in [-0.25, -0.2) is 13.0 Å². The molecule has 1 aliphatic carbocycles. The summed E-state index contributed by atoms with van der Waals surface area (Å²) in [6.07, 6.45) is 12.4. The van der Waals surface area contributed by atoms with Crippen LogP contribution in [0, 0.1) is 10.1 Å². The van der Waals surface area contributed by atoms with Crippen molar-refractivity contribution in [3.05, 3.63) is 64.6 Å². The second kappa shape index (κ2) is 12.5. The molecule has 0 radical (unpaired) electrons. The maximum atomic E-state index is 13.2. The first kappa shape index (κ1) is 30.6. The van der Waals surface area contributed by atoms with Gasteiger partial charge in [0.25, 0.3) is 0 Å². The van der Waals surface area contributed by atoms with Gasteiger partial charge in [0.2, 0.25) is 15.9 Å². The van der Waals surface area contributed by atoms with E-state index < -0.39 is 21.0 Å². The maximum Gasteiger partial charge on any atom is 0.434 e. The van der Waals surface area contributed by atoms with Crippen LogP contribution in [0.5, 0.6) is 5.88 Å². The topological polar surface area (TPSA) is 172 Å². The van der Waals surface area contributed by atoms with Crippen LogP contribution in [-0.2, 0) is 21.8 Å². The Kier molecular flexibility index (Phi) is 8.50. The van der Waals surface area contributed by atoms with Gasteiger partial charge in [-0.3, -0.25) is 19.3 Å². The molecule has 0 bridgehead atoms. The number of hydrogen-bond donors (Lipinski definition) is 0. The molecular formula is C29H35N9O6S. The molecule has 2 fully saturated rings. The maximum absolute atomic E-state index is 13.2. The summed E-state index contributed by atoms with van der Waals surface area (Å²) in [5.41, 5.74) is 2.22. The molecule has 2 aliphatic rings. The number of ether oxygens (including phenoxy) is 2. The molecule has 4 aromatic rings. The third-order valence-corrected chi connectivity index (χ3v) is 9.70. The minimum Gasteiger partial charge on any atom is -0.474 e. The van der Waals surface area contributed by atoms with E-state index in [4.69, 9.17) is 14.5 Å². The van der Waals surface area contributed by atoms with Gasteiger partial charge in [0.15, 0.2) is 0 Å². The van der Waals surface area contributed by atoms with Crippen LogP contribution in [0.15, 0.2) is 43.1 Å². The standard InChI is InChI=1S/C29H35N9O6S/c1-19(26-18-33-29(35(26)2)38(39)40)37(45(3,41)42)21-14-23-24(32-16-21)15-27(36-10-12-43-13-11-36)34-28(23)44-22-6-4-20(5-7-22)25-17-30-8-9-31-25/h8-9,14-20,22H,4-7,10-13H2,1-3H3. The molecule has 1 saturated carbocycles. The summed E-state index contributed by atoms with van der Waals surface area (Å²) in [6, 6.07) is 2.76.